The third-order valence-electron chi connectivity index (χ3n) is 3.91. The van der Waals surface area contributed by atoms with Gasteiger partial charge in [0.1, 0.15) is 4.21 Å². The van der Waals surface area contributed by atoms with Crippen LogP contribution in [-0.2, 0) is 10.0 Å². The van der Waals surface area contributed by atoms with Crippen LogP contribution in [0.1, 0.15) is 15.2 Å². The Hall–Kier alpha value is -1.41. The molecular weight excluding hydrogens is 368 g/mol. The van der Waals surface area contributed by atoms with Crippen molar-refractivity contribution < 1.29 is 13.2 Å². The lowest BCUT2D eigenvalue weighted by molar-refractivity contribution is 0.0698. The summed E-state index contributed by atoms with van der Waals surface area (Å²) in [4.78, 5) is 15.1. The monoisotopic (exact) mass is 384 g/mol. The van der Waals surface area contributed by atoms with Crippen molar-refractivity contribution in [2.75, 3.05) is 26.2 Å². The molecule has 0 radical (unpaired) electrons. The molecule has 0 aliphatic carbocycles. The highest BCUT2D eigenvalue weighted by atomic mass is 35.5. The number of benzene rings is 1. The van der Waals surface area contributed by atoms with Crippen LogP contribution in [0.15, 0.2) is 40.6 Å². The number of thiophene rings is 1. The molecule has 1 aliphatic heterocycles. The number of hydrogen-bond donors (Lipinski definition) is 0. The SMILES string of the molecule is Cc1ccc(S(=O)(=O)N2CCN(C(=O)c3cccc(Cl)c3)CC2)s1. The van der Waals surface area contributed by atoms with Gasteiger partial charge in [-0.3, -0.25) is 4.79 Å². The lowest BCUT2D eigenvalue weighted by atomic mass is 10.2. The zero-order valence-corrected chi connectivity index (χ0v) is 15.5. The van der Waals surface area contributed by atoms with E-state index < -0.39 is 10.0 Å². The van der Waals surface area contributed by atoms with Crippen LogP contribution in [0, 0.1) is 6.92 Å². The van der Waals surface area contributed by atoms with E-state index in [1.54, 1.807) is 41.3 Å². The Balaban J connectivity index is 1.68. The zero-order chi connectivity index (χ0) is 17.3. The van der Waals surface area contributed by atoms with Gasteiger partial charge in [-0.1, -0.05) is 17.7 Å². The largest absolute Gasteiger partial charge is 0.336 e. The van der Waals surface area contributed by atoms with Crippen molar-refractivity contribution in [1.82, 2.24) is 9.21 Å². The molecule has 24 heavy (non-hydrogen) atoms. The number of aryl methyl sites for hydroxylation is 1. The van der Waals surface area contributed by atoms with Gasteiger partial charge in [-0.15, -0.1) is 11.3 Å². The van der Waals surface area contributed by atoms with Gasteiger partial charge in [-0.2, -0.15) is 4.31 Å². The van der Waals surface area contributed by atoms with Crippen molar-refractivity contribution in [3.05, 3.63) is 51.9 Å². The topological polar surface area (TPSA) is 57.7 Å². The number of nitrogens with zero attached hydrogens (tertiary/aromatic N) is 2. The van der Waals surface area contributed by atoms with E-state index >= 15 is 0 Å². The quantitative estimate of drug-likeness (QED) is 0.817. The maximum absolute atomic E-state index is 12.6. The number of amides is 1. The van der Waals surface area contributed by atoms with E-state index in [0.717, 1.165) is 4.88 Å². The summed E-state index contributed by atoms with van der Waals surface area (Å²) < 4.78 is 27.0. The highest BCUT2D eigenvalue weighted by Crippen LogP contribution is 2.25. The summed E-state index contributed by atoms with van der Waals surface area (Å²) in [7, 11) is -3.47. The van der Waals surface area contributed by atoms with Crippen molar-refractivity contribution in [1.29, 1.82) is 0 Å². The molecule has 1 fully saturated rings. The Morgan fingerprint density at radius 2 is 1.83 bits per heavy atom. The van der Waals surface area contributed by atoms with Crippen LogP contribution in [0.25, 0.3) is 0 Å². The first-order chi connectivity index (χ1) is 11.4. The zero-order valence-electron chi connectivity index (χ0n) is 13.1. The summed E-state index contributed by atoms with van der Waals surface area (Å²) in [5.41, 5.74) is 0.521. The van der Waals surface area contributed by atoms with Crippen molar-refractivity contribution in [2.24, 2.45) is 0 Å². The Kier molecular flexibility index (Phi) is 4.96. The average molecular weight is 385 g/mol. The van der Waals surface area contributed by atoms with Gasteiger partial charge in [0.15, 0.2) is 0 Å². The van der Waals surface area contributed by atoms with Crippen LogP contribution >= 0.6 is 22.9 Å². The second-order valence-electron chi connectivity index (χ2n) is 5.57. The van der Waals surface area contributed by atoms with Crippen LogP contribution in [0.3, 0.4) is 0 Å². The minimum Gasteiger partial charge on any atom is -0.336 e. The number of carbonyl (C=O) groups excluding carboxylic acids is 1. The molecule has 128 valence electrons. The van der Waals surface area contributed by atoms with E-state index in [1.807, 2.05) is 6.92 Å². The molecule has 1 saturated heterocycles. The second-order valence-corrected chi connectivity index (χ2v) is 9.46. The molecule has 1 aromatic carbocycles. The van der Waals surface area contributed by atoms with Crippen molar-refractivity contribution in [3.63, 3.8) is 0 Å². The molecule has 5 nitrogen and oxygen atoms in total. The molecule has 2 heterocycles. The molecule has 0 spiro atoms. The third kappa shape index (κ3) is 3.49. The minimum atomic E-state index is -3.47. The standard InChI is InChI=1S/C16H17ClN2O3S2/c1-12-5-6-15(23-12)24(21,22)19-9-7-18(8-10-19)16(20)13-3-2-4-14(17)11-13/h2-6,11H,7-10H2,1H3. The van der Waals surface area contributed by atoms with E-state index in [2.05, 4.69) is 0 Å². The predicted molar refractivity (Wildman–Crippen MR) is 95.2 cm³/mol. The number of sulfonamides is 1. The molecule has 2 aromatic rings. The highest BCUT2D eigenvalue weighted by molar-refractivity contribution is 7.91. The summed E-state index contributed by atoms with van der Waals surface area (Å²) in [5.74, 6) is -0.124. The Labute approximate surface area is 150 Å². The van der Waals surface area contributed by atoms with Gasteiger partial charge in [-0.25, -0.2) is 8.42 Å². The Morgan fingerprint density at radius 1 is 1.12 bits per heavy atom. The van der Waals surface area contributed by atoms with Crippen LogP contribution in [-0.4, -0.2) is 49.7 Å². The van der Waals surface area contributed by atoms with Crippen LogP contribution in [0.5, 0.6) is 0 Å². The first kappa shape index (κ1) is 17.4. The predicted octanol–water partition coefficient (Wildman–Crippen LogP) is 2.86. The first-order valence-electron chi connectivity index (χ1n) is 7.49. The molecular formula is C16H17ClN2O3S2. The summed E-state index contributed by atoms with van der Waals surface area (Å²) in [6.07, 6.45) is 0. The number of rotatable bonds is 3. The minimum absolute atomic E-state index is 0.124. The van der Waals surface area contributed by atoms with E-state index in [0.29, 0.717) is 41.0 Å². The van der Waals surface area contributed by atoms with E-state index in [-0.39, 0.29) is 5.91 Å². The summed E-state index contributed by atoms with van der Waals surface area (Å²) in [6, 6.07) is 10.2. The van der Waals surface area contributed by atoms with Gasteiger partial charge in [-0.05, 0) is 37.3 Å². The van der Waals surface area contributed by atoms with E-state index in [9.17, 15) is 13.2 Å². The summed E-state index contributed by atoms with van der Waals surface area (Å²) in [5, 5.41) is 0.509. The molecule has 1 aliphatic rings. The van der Waals surface area contributed by atoms with Gasteiger partial charge in [0.25, 0.3) is 15.9 Å². The maximum atomic E-state index is 12.6. The van der Waals surface area contributed by atoms with Gasteiger partial charge in [0, 0.05) is 41.6 Å². The number of halogens is 1. The highest BCUT2D eigenvalue weighted by Gasteiger charge is 2.31. The molecule has 0 atom stereocenters. The number of carbonyl (C=O) groups is 1. The first-order valence-corrected chi connectivity index (χ1v) is 10.1. The summed E-state index contributed by atoms with van der Waals surface area (Å²) in [6.45, 7) is 3.21. The van der Waals surface area contributed by atoms with Crippen LogP contribution < -0.4 is 0 Å². The van der Waals surface area contributed by atoms with Gasteiger partial charge in [0.2, 0.25) is 0 Å². The third-order valence-corrected chi connectivity index (χ3v) is 7.51. The fourth-order valence-electron chi connectivity index (χ4n) is 2.61. The van der Waals surface area contributed by atoms with Gasteiger partial charge in [0.05, 0.1) is 0 Å². The molecule has 3 rings (SSSR count). The maximum Gasteiger partial charge on any atom is 0.253 e. The Bertz CT molecular complexity index is 856. The number of hydrogen-bond acceptors (Lipinski definition) is 4. The summed E-state index contributed by atoms with van der Waals surface area (Å²) >= 11 is 7.19. The molecule has 8 heteroatoms. The Morgan fingerprint density at radius 3 is 2.42 bits per heavy atom. The van der Waals surface area contributed by atoms with Crippen molar-refractivity contribution in [2.45, 2.75) is 11.1 Å². The van der Waals surface area contributed by atoms with Crippen LogP contribution in [0.4, 0.5) is 0 Å². The van der Waals surface area contributed by atoms with E-state index in [1.165, 1.54) is 15.6 Å². The molecule has 0 bridgehead atoms. The number of piperazine rings is 1. The van der Waals surface area contributed by atoms with Gasteiger partial charge >= 0.3 is 0 Å². The van der Waals surface area contributed by atoms with Crippen molar-refractivity contribution >= 4 is 38.9 Å². The average Bonchev–Trinajstić information content (AvgIpc) is 3.01. The van der Waals surface area contributed by atoms with Crippen LogP contribution in [0.2, 0.25) is 5.02 Å². The molecule has 0 saturated carbocycles. The van der Waals surface area contributed by atoms with Crippen molar-refractivity contribution in [3.8, 4) is 0 Å². The second kappa shape index (κ2) is 6.84. The lowest BCUT2D eigenvalue weighted by Crippen LogP contribution is -2.50. The molecule has 1 aromatic heterocycles. The van der Waals surface area contributed by atoms with E-state index in [4.69, 9.17) is 11.6 Å². The molecule has 1 amide bonds. The smallest absolute Gasteiger partial charge is 0.253 e. The molecule has 0 unspecified atom stereocenters. The fraction of sp³-hybridized carbons (Fsp3) is 0.312. The van der Waals surface area contributed by atoms with Gasteiger partial charge < -0.3 is 4.90 Å². The lowest BCUT2D eigenvalue weighted by Gasteiger charge is -2.33. The molecule has 0 N–H and O–H groups in total. The fourth-order valence-corrected chi connectivity index (χ4v) is 5.66. The normalized spacial score (nSPS) is 16.3.